The normalized spacial score (nSPS) is 12.7. The van der Waals surface area contributed by atoms with Gasteiger partial charge in [-0.2, -0.15) is 13.2 Å². The molecule has 1 rings (SSSR count). The summed E-state index contributed by atoms with van der Waals surface area (Å²) in [6.07, 6.45) is -4.81. The van der Waals surface area contributed by atoms with Crippen LogP contribution in [-0.2, 0) is 0 Å². The van der Waals surface area contributed by atoms with Gasteiger partial charge in [-0.3, -0.25) is 10.1 Å². The van der Waals surface area contributed by atoms with Crippen molar-refractivity contribution in [2.75, 3.05) is 0 Å². The average molecular weight is 273 g/mol. The summed E-state index contributed by atoms with van der Waals surface area (Å²) in [7, 11) is 0. The van der Waals surface area contributed by atoms with Gasteiger partial charge in [-0.1, -0.05) is 0 Å². The van der Waals surface area contributed by atoms with Crippen LogP contribution in [0.4, 0.5) is 18.9 Å². The van der Waals surface area contributed by atoms with Gasteiger partial charge in [-0.25, -0.2) is 0 Å². The molecule has 1 aromatic carbocycles. The Bertz CT molecular complexity index is 425. The molecule has 5 nitrogen and oxygen atoms in total. The van der Waals surface area contributed by atoms with Gasteiger partial charge >= 0.3 is 6.18 Å². The summed E-state index contributed by atoms with van der Waals surface area (Å²) in [5, 5.41) is 19.5. The van der Waals surface area contributed by atoms with E-state index in [1.807, 2.05) is 0 Å². The van der Waals surface area contributed by atoms with Crippen molar-refractivity contribution in [3.63, 3.8) is 0 Å². The second-order valence-electron chi connectivity index (χ2n) is 3.02. The molecule has 0 aromatic heterocycles. The van der Waals surface area contributed by atoms with Crippen molar-refractivity contribution in [1.82, 2.24) is 0 Å². The fourth-order valence-electron chi connectivity index (χ4n) is 1.13. The fraction of sp³-hybridized carbons (Fsp3) is 0.250. The highest BCUT2D eigenvalue weighted by Crippen LogP contribution is 2.36. The van der Waals surface area contributed by atoms with Crippen LogP contribution in [0.3, 0.4) is 0 Å². The molecule has 0 spiro atoms. The van der Waals surface area contributed by atoms with Crippen molar-refractivity contribution in [1.29, 1.82) is 0 Å². The standard InChI is InChI=1S/C8H7F3N2O3.ClH/c9-8(10,11)7(12)5-3-4(14)1-2-6(5)13(15)16;/h1-3,7,14H,12H2;1H/t7-;/m0./s1. The molecule has 0 aliphatic carbocycles. The fourth-order valence-corrected chi connectivity index (χ4v) is 1.13. The minimum absolute atomic E-state index is 0. The molecule has 0 aliphatic rings. The molecule has 0 saturated carbocycles. The maximum Gasteiger partial charge on any atom is 0.407 e. The highest BCUT2D eigenvalue weighted by Gasteiger charge is 2.41. The summed E-state index contributed by atoms with van der Waals surface area (Å²) >= 11 is 0. The smallest absolute Gasteiger partial charge is 0.407 e. The van der Waals surface area contributed by atoms with Crippen molar-refractivity contribution < 1.29 is 23.2 Å². The van der Waals surface area contributed by atoms with Gasteiger partial charge in [0.15, 0.2) is 0 Å². The number of benzene rings is 1. The molecule has 9 heteroatoms. The molecule has 0 radical (unpaired) electrons. The number of rotatable bonds is 2. The first-order chi connectivity index (χ1) is 7.23. The number of aromatic hydroxyl groups is 1. The van der Waals surface area contributed by atoms with E-state index in [4.69, 9.17) is 10.8 Å². The Morgan fingerprint density at radius 2 is 1.94 bits per heavy atom. The third-order valence-electron chi connectivity index (χ3n) is 1.90. The van der Waals surface area contributed by atoms with E-state index in [0.717, 1.165) is 12.1 Å². The SMILES string of the molecule is Cl.N[C@@H](c1cc(O)ccc1[N+](=O)[O-])C(F)(F)F. The summed E-state index contributed by atoms with van der Waals surface area (Å²) in [5.74, 6) is -0.514. The lowest BCUT2D eigenvalue weighted by atomic mass is 10.0. The van der Waals surface area contributed by atoms with Crippen molar-refractivity contribution in [3.8, 4) is 5.75 Å². The number of nitro groups is 1. The van der Waals surface area contributed by atoms with Crippen LogP contribution in [-0.4, -0.2) is 16.2 Å². The van der Waals surface area contributed by atoms with Gasteiger partial charge in [0.1, 0.15) is 11.8 Å². The quantitative estimate of drug-likeness (QED) is 0.638. The van der Waals surface area contributed by atoms with Crippen LogP contribution in [0.2, 0.25) is 0 Å². The number of hydrogen-bond acceptors (Lipinski definition) is 4. The number of nitrogens with two attached hydrogens (primary N) is 1. The minimum atomic E-state index is -4.81. The van der Waals surface area contributed by atoms with Gasteiger partial charge in [0, 0.05) is 6.07 Å². The first-order valence-electron chi connectivity index (χ1n) is 4.03. The molecule has 0 amide bonds. The van der Waals surface area contributed by atoms with Crippen LogP contribution in [0.15, 0.2) is 18.2 Å². The number of hydrogen-bond donors (Lipinski definition) is 2. The van der Waals surface area contributed by atoms with Crippen LogP contribution in [0, 0.1) is 10.1 Å². The topological polar surface area (TPSA) is 89.4 Å². The molecule has 0 bridgehead atoms. The molecular formula is C8H8ClF3N2O3. The molecule has 0 fully saturated rings. The zero-order valence-corrected chi connectivity index (χ0v) is 8.96. The monoisotopic (exact) mass is 272 g/mol. The summed E-state index contributed by atoms with van der Waals surface area (Å²) in [5.41, 5.74) is 3.30. The van der Waals surface area contributed by atoms with E-state index in [1.54, 1.807) is 0 Å². The maximum atomic E-state index is 12.3. The second-order valence-corrected chi connectivity index (χ2v) is 3.02. The number of nitrogens with zero attached hydrogens (tertiary/aromatic N) is 1. The van der Waals surface area contributed by atoms with E-state index in [0.29, 0.717) is 6.07 Å². The van der Waals surface area contributed by atoms with Crippen molar-refractivity contribution >= 4 is 18.1 Å². The summed E-state index contributed by atoms with van der Waals surface area (Å²) in [6.45, 7) is 0. The largest absolute Gasteiger partial charge is 0.508 e. The maximum absolute atomic E-state index is 12.3. The van der Waals surface area contributed by atoms with Crippen molar-refractivity contribution in [3.05, 3.63) is 33.9 Å². The molecular weight excluding hydrogens is 265 g/mol. The molecule has 17 heavy (non-hydrogen) atoms. The van der Waals surface area contributed by atoms with E-state index < -0.39 is 34.1 Å². The predicted octanol–water partition coefficient (Wildman–Crippen LogP) is 2.28. The molecule has 0 unspecified atom stereocenters. The van der Waals surface area contributed by atoms with Crippen molar-refractivity contribution in [2.24, 2.45) is 5.73 Å². The first kappa shape index (κ1) is 15.5. The lowest BCUT2D eigenvalue weighted by Crippen LogP contribution is -2.29. The van der Waals surface area contributed by atoms with Gasteiger partial charge in [0.2, 0.25) is 0 Å². The molecule has 1 aromatic rings. The number of phenols is 1. The number of halogens is 4. The second kappa shape index (κ2) is 5.19. The van der Waals surface area contributed by atoms with Gasteiger partial charge in [-0.15, -0.1) is 12.4 Å². The van der Waals surface area contributed by atoms with E-state index in [-0.39, 0.29) is 12.4 Å². The molecule has 0 heterocycles. The zero-order valence-electron chi connectivity index (χ0n) is 8.14. The van der Waals surface area contributed by atoms with Crippen LogP contribution in [0.25, 0.3) is 0 Å². The Kier molecular flexibility index (Phi) is 4.72. The lowest BCUT2D eigenvalue weighted by molar-refractivity contribution is -0.386. The Morgan fingerprint density at radius 3 is 2.35 bits per heavy atom. The molecule has 1 atom stereocenters. The molecule has 0 saturated heterocycles. The van der Waals surface area contributed by atoms with Gasteiger partial charge < -0.3 is 10.8 Å². The van der Waals surface area contributed by atoms with Gasteiger partial charge in [0.25, 0.3) is 5.69 Å². The Balaban J connectivity index is 0.00000256. The summed E-state index contributed by atoms with van der Waals surface area (Å²) in [6, 6.07) is -0.169. The molecule has 3 N–H and O–H groups in total. The van der Waals surface area contributed by atoms with E-state index in [1.165, 1.54) is 0 Å². The van der Waals surface area contributed by atoms with Gasteiger partial charge in [0.05, 0.1) is 10.5 Å². The van der Waals surface area contributed by atoms with E-state index >= 15 is 0 Å². The Hall–Kier alpha value is -1.54. The average Bonchev–Trinajstić information content (AvgIpc) is 2.14. The van der Waals surface area contributed by atoms with E-state index in [9.17, 15) is 23.3 Å². The zero-order chi connectivity index (χ0) is 12.5. The summed E-state index contributed by atoms with van der Waals surface area (Å²) in [4.78, 5) is 9.48. The Labute approximate surface area is 99.6 Å². The highest BCUT2D eigenvalue weighted by molar-refractivity contribution is 5.85. The van der Waals surface area contributed by atoms with Crippen LogP contribution in [0.1, 0.15) is 11.6 Å². The van der Waals surface area contributed by atoms with Crippen molar-refractivity contribution in [2.45, 2.75) is 12.2 Å². The number of phenolic OH excluding ortho intramolecular Hbond substituents is 1. The van der Waals surface area contributed by atoms with Crippen LogP contribution < -0.4 is 5.73 Å². The third kappa shape index (κ3) is 3.46. The summed E-state index contributed by atoms with van der Waals surface area (Å²) < 4.78 is 36.8. The lowest BCUT2D eigenvalue weighted by Gasteiger charge is -2.15. The first-order valence-corrected chi connectivity index (χ1v) is 4.03. The van der Waals surface area contributed by atoms with Crippen LogP contribution >= 0.6 is 12.4 Å². The van der Waals surface area contributed by atoms with E-state index in [2.05, 4.69) is 0 Å². The predicted molar refractivity (Wildman–Crippen MR) is 55.0 cm³/mol. The molecule has 96 valence electrons. The number of nitro benzene ring substituents is 1. The molecule has 0 aliphatic heterocycles. The third-order valence-corrected chi connectivity index (χ3v) is 1.90. The van der Waals surface area contributed by atoms with Gasteiger partial charge in [-0.05, 0) is 12.1 Å². The minimum Gasteiger partial charge on any atom is -0.508 e. The van der Waals surface area contributed by atoms with Crippen LogP contribution in [0.5, 0.6) is 5.75 Å². The number of alkyl halides is 3. The Morgan fingerprint density at radius 1 is 1.41 bits per heavy atom. The highest BCUT2D eigenvalue weighted by atomic mass is 35.5.